The number of benzene rings is 1. The average Bonchev–Trinajstić information content (AvgIpc) is 2.82. The Labute approximate surface area is 180 Å². The van der Waals surface area contributed by atoms with Crippen molar-refractivity contribution >= 4 is 5.91 Å². The molecule has 2 heterocycles. The number of hydrogen-bond acceptors (Lipinski definition) is 5. The molecule has 3 atom stereocenters. The van der Waals surface area contributed by atoms with Crippen molar-refractivity contribution < 1.29 is 14.3 Å². The molecule has 1 aliphatic carbocycles. The molecular weight excluding hydrogens is 378 g/mol. The van der Waals surface area contributed by atoms with Crippen LogP contribution in [0.15, 0.2) is 30.3 Å². The van der Waals surface area contributed by atoms with E-state index in [0.29, 0.717) is 25.1 Å². The molecule has 4 rings (SSSR count). The molecule has 1 N–H and O–H groups in total. The highest BCUT2D eigenvalue weighted by Gasteiger charge is 2.52. The highest BCUT2D eigenvalue weighted by molar-refractivity contribution is 5.83. The molecule has 0 radical (unpaired) electrons. The van der Waals surface area contributed by atoms with Crippen molar-refractivity contribution in [1.29, 1.82) is 0 Å². The SMILES string of the molecule is CCN1CC[C@@H]2C[C@@H](N3CCOCC3)CC[C@@]2(C(=O)NCCOc2ccccc2)C1. The number of rotatable bonds is 7. The van der Waals surface area contributed by atoms with Crippen LogP contribution in [0.3, 0.4) is 0 Å². The first-order valence-corrected chi connectivity index (χ1v) is 11.7. The topological polar surface area (TPSA) is 54.0 Å². The van der Waals surface area contributed by atoms with E-state index in [2.05, 4.69) is 22.0 Å². The number of likely N-dealkylation sites (tertiary alicyclic amines) is 1. The second-order valence-electron chi connectivity index (χ2n) is 9.00. The van der Waals surface area contributed by atoms with Gasteiger partial charge in [0.2, 0.25) is 5.91 Å². The maximum absolute atomic E-state index is 13.5. The second kappa shape index (κ2) is 10.1. The predicted octanol–water partition coefficient (Wildman–Crippen LogP) is 2.39. The molecule has 6 nitrogen and oxygen atoms in total. The third kappa shape index (κ3) is 4.82. The Kier molecular flexibility index (Phi) is 7.28. The Hall–Kier alpha value is -1.63. The third-order valence-electron chi connectivity index (χ3n) is 7.42. The summed E-state index contributed by atoms with van der Waals surface area (Å²) in [6, 6.07) is 10.4. The van der Waals surface area contributed by atoms with Gasteiger partial charge in [0.15, 0.2) is 0 Å². The molecule has 2 aliphatic heterocycles. The standard InChI is InChI=1S/C24H37N3O3/c1-2-26-12-9-20-18-21(27-13-16-29-17-14-27)8-10-24(20,19-26)23(28)25-11-15-30-22-6-4-3-5-7-22/h3-7,20-21H,2,8-19H2,1H3,(H,25,28)/t20-,21+,24-/m1/s1. The average molecular weight is 416 g/mol. The molecule has 0 spiro atoms. The molecule has 1 amide bonds. The third-order valence-corrected chi connectivity index (χ3v) is 7.42. The van der Waals surface area contributed by atoms with Crippen molar-refractivity contribution in [2.24, 2.45) is 11.3 Å². The first kappa shape index (κ1) is 21.6. The van der Waals surface area contributed by atoms with Crippen molar-refractivity contribution in [3.05, 3.63) is 30.3 Å². The number of hydrogen-bond donors (Lipinski definition) is 1. The molecule has 1 aromatic carbocycles. The van der Waals surface area contributed by atoms with E-state index in [4.69, 9.17) is 9.47 Å². The lowest BCUT2D eigenvalue weighted by atomic mass is 9.61. The van der Waals surface area contributed by atoms with E-state index in [1.54, 1.807) is 0 Å². The second-order valence-corrected chi connectivity index (χ2v) is 9.00. The summed E-state index contributed by atoms with van der Waals surface area (Å²) >= 11 is 0. The van der Waals surface area contributed by atoms with Gasteiger partial charge in [-0.2, -0.15) is 0 Å². The Morgan fingerprint density at radius 3 is 2.77 bits per heavy atom. The van der Waals surface area contributed by atoms with Crippen LogP contribution < -0.4 is 10.1 Å². The molecule has 3 fully saturated rings. The zero-order valence-electron chi connectivity index (χ0n) is 18.4. The Balaban J connectivity index is 1.36. The van der Waals surface area contributed by atoms with Crippen molar-refractivity contribution in [2.75, 3.05) is 59.1 Å². The molecule has 0 aromatic heterocycles. The quantitative estimate of drug-likeness (QED) is 0.693. The van der Waals surface area contributed by atoms with Gasteiger partial charge in [-0.15, -0.1) is 0 Å². The number of nitrogens with zero attached hydrogens (tertiary/aromatic N) is 2. The lowest BCUT2D eigenvalue weighted by Crippen LogP contribution is -2.61. The van der Waals surface area contributed by atoms with Gasteiger partial charge in [-0.05, 0) is 56.8 Å². The Morgan fingerprint density at radius 1 is 1.20 bits per heavy atom. The minimum Gasteiger partial charge on any atom is -0.492 e. The minimum absolute atomic E-state index is 0.239. The smallest absolute Gasteiger partial charge is 0.227 e. The fraction of sp³-hybridized carbons (Fsp3) is 0.708. The number of fused-ring (bicyclic) bond motifs is 1. The largest absolute Gasteiger partial charge is 0.492 e. The summed E-state index contributed by atoms with van der Waals surface area (Å²) in [5, 5.41) is 3.23. The highest BCUT2D eigenvalue weighted by atomic mass is 16.5. The van der Waals surface area contributed by atoms with E-state index < -0.39 is 0 Å². The van der Waals surface area contributed by atoms with Crippen LogP contribution in [0.5, 0.6) is 5.75 Å². The number of ether oxygens (including phenoxy) is 2. The molecule has 0 bridgehead atoms. The molecular formula is C24H37N3O3. The number of nitrogens with one attached hydrogen (secondary N) is 1. The van der Waals surface area contributed by atoms with Crippen molar-refractivity contribution in [1.82, 2.24) is 15.1 Å². The van der Waals surface area contributed by atoms with E-state index in [9.17, 15) is 4.79 Å². The summed E-state index contributed by atoms with van der Waals surface area (Å²) in [5.74, 6) is 1.56. The monoisotopic (exact) mass is 415 g/mol. The molecule has 30 heavy (non-hydrogen) atoms. The zero-order chi connectivity index (χ0) is 20.8. The van der Waals surface area contributed by atoms with Crippen LogP contribution in [0.1, 0.15) is 32.6 Å². The van der Waals surface area contributed by atoms with Crippen LogP contribution in [0.2, 0.25) is 0 Å². The lowest BCUT2D eigenvalue weighted by Gasteiger charge is -2.53. The van der Waals surface area contributed by atoms with Gasteiger partial charge >= 0.3 is 0 Å². The molecule has 6 heteroatoms. The normalized spacial score (nSPS) is 30.4. The first-order valence-electron chi connectivity index (χ1n) is 11.7. The number of amides is 1. The van der Waals surface area contributed by atoms with Crippen LogP contribution in [0, 0.1) is 11.3 Å². The number of piperidine rings is 1. The van der Waals surface area contributed by atoms with Crippen molar-refractivity contribution in [3.63, 3.8) is 0 Å². The van der Waals surface area contributed by atoms with E-state index in [1.165, 1.54) is 0 Å². The van der Waals surface area contributed by atoms with Crippen LogP contribution >= 0.6 is 0 Å². The highest BCUT2D eigenvalue weighted by Crippen LogP contribution is 2.47. The van der Waals surface area contributed by atoms with Gasteiger partial charge in [-0.3, -0.25) is 9.69 Å². The number of carbonyl (C=O) groups is 1. The fourth-order valence-corrected chi connectivity index (χ4v) is 5.66. The van der Waals surface area contributed by atoms with Crippen LogP contribution in [0.25, 0.3) is 0 Å². The van der Waals surface area contributed by atoms with E-state index in [0.717, 1.165) is 77.4 Å². The molecule has 1 aromatic rings. The number of morpholine rings is 1. The summed E-state index contributed by atoms with van der Waals surface area (Å²) in [5.41, 5.74) is -0.246. The van der Waals surface area contributed by atoms with E-state index >= 15 is 0 Å². The molecule has 0 unspecified atom stereocenters. The van der Waals surface area contributed by atoms with Crippen LogP contribution in [0.4, 0.5) is 0 Å². The van der Waals surface area contributed by atoms with E-state index in [1.807, 2.05) is 30.3 Å². The minimum atomic E-state index is -0.246. The molecule has 2 saturated heterocycles. The predicted molar refractivity (Wildman–Crippen MR) is 118 cm³/mol. The first-order chi connectivity index (χ1) is 14.7. The van der Waals surface area contributed by atoms with Crippen molar-refractivity contribution in [2.45, 2.75) is 38.6 Å². The molecule has 3 aliphatic rings. The van der Waals surface area contributed by atoms with Gasteiger partial charge < -0.3 is 19.7 Å². The van der Waals surface area contributed by atoms with Crippen molar-refractivity contribution in [3.8, 4) is 5.75 Å². The summed E-state index contributed by atoms with van der Waals surface area (Å²) < 4.78 is 11.3. The summed E-state index contributed by atoms with van der Waals surface area (Å²) in [4.78, 5) is 18.5. The maximum atomic E-state index is 13.5. The lowest BCUT2D eigenvalue weighted by molar-refractivity contribution is -0.145. The molecule has 1 saturated carbocycles. The Morgan fingerprint density at radius 2 is 2.00 bits per heavy atom. The van der Waals surface area contributed by atoms with Crippen LogP contribution in [-0.2, 0) is 9.53 Å². The number of para-hydroxylation sites is 1. The summed E-state index contributed by atoms with van der Waals surface area (Å²) in [6.07, 6.45) is 4.37. The fourth-order valence-electron chi connectivity index (χ4n) is 5.66. The van der Waals surface area contributed by atoms with Gasteiger partial charge in [0.05, 0.1) is 25.2 Å². The van der Waals surface area contributed by atoms with Gasteiger partial charge in [0.1, 0.15) is 12.4 Å². The number of carbonyl (C=O) groups excluding carboxylic acids is 1. The van der Waals surface area contributed by atoms with Crippen LogP contribution in [-0.4, -0.2) is 80.8 Å². The Bertz CT molecular complexity index is 680. The van der Waals surface area contributed by atoms with Gasteiger partial charge in [0.25, 0.3) is 0 Å². The maximum Gasteiger partial charge on any atom is 0.227 e. The van der Waals surface area contributed by atoms with Gasteiger partial charge in [-0.25, -0.2) is 0 Å². The molecule has 166 valence electrons. The summed E-state index contributed by atoms with van der Waals surface area (Å²) in [7, 11) is 0. The zero-order valence-corrected chi connectivity index (χ0v) is 18.4. The van der Waals surface area contributed by atoms with E-state index in [-0.39, 0.29) is 11.3 Å². The van der Waals surface area contributed by atoms with Gasteiger partial charge in [-0.1, -0.05) is 25.1 Å². The summed E-state index contributed by atoms with van der Waals surface area (Å²) in [6.45, 7) is 10.1. The van der Waals surface area contributed by atoms with Gasteiger partial charge in [0, 0.05) is 25.7 Å².